The van der Waals surface area contributed by atoms with E-state index in [4.69, 9.17) is 5.14 Å². The maximum absolute atomic E-state index is 11.1. The molecule has 17 heavy (non-hydrogen) atoms. The zero-order valence-corrected chi connectivity index (χ0v) is 11.0. The van der Waals surface area contributed by atoms with Gasteiger partial charge in [0.05, 0.1) is 6.33 Å². The Morgan fingerprint density at radius 3 is 2.59 bits per heavy atom. The number of sulfonamides is 1. The first kappa shape index (κ1) is 12.6. The highest BCUT2D eigenvalue weighted by atomic mass is 32.2. The molecule has 1 saturated carbocycles. The van der Waals surface area contributed by atoms with Gasteiger partial charge in [-0.3, -0.25) is 0 Å². The van der Waals surface area contributed by atoms with Gasteiger partial charge in [-0.15, -0.1) is 0 Å². The van der Waals surface area contributed by atoms with Gasteiger partial charge in [-0.2, -0.15) is 0 Å². The third-order valence-corrected chi connectivity index (χ3v) is 4.66. The summed E-state index contributed by atoms with van der Waals surface area (Å²) in [6.45, 7) is 4.51. The number of rotatable bonds is 2. The van der Waals surface area contributed by atoms with E-state index < -0.39 is 10.0 Å². The molecule has 0 spiro atoms. The molecule has 1 aliphatic carbocycles. The van der Waals surface area contributed by atoms with Crippen LogP contribution < -0.4 is 5.14 Å². The Kier molecular flexibility index (Phi) is 3.27. The summed E-state index contributed by atoms with van der Waals surface area (Å²) in [4.78, 5) is 3.86. The molecule has 3 unspecified atom stereocenters. The Morgan fingerprint density at radius 2 is 2.06 bits per heavy atom. The smallest absolute Gasteiger partial charge is 0.257 e. The average molecular weight is 257 g/mol. The van der Waals surface area contributed by atoms with Gasteiger partial charge < -0.3 is 4.57 Å². The van der Waals surface area contributed by atoms with Crippen LogP contribution >= 0.6 is 0 Å². The van der Waals surface area contributed by atoms with Crippen molar-refractivity contribution in [1.29, 1.82) is 0 Å². The fourth-order valence-corrected chi connectivity index (χ4v) is 2.92. The van der Waals surface area contributed by atoms with Crippen LogP contribution in [0.1, 0.15) is 39.2 Å². The van der Waals surface area contributed by atoms with Crippen LogP contribution in [-0.4, -0.2) is 18.0 Å². The summed E-state index contributed by atoms with van der Waals surface area (Å²) in [5.74, 6) is 1.40. The number of hydrogen-bond acceptors (Lipinski definition) is 3. The van der Waals surface area contributed by atoms with Crippen LogP contribution in [0.5, 0.6) is 0 Å². The SMILES string of the molecule is CC1CCC(n2cnc(S(N)(=O)=O)c2)CC1C. The zero-order valence-electron chi connectivity index (χ0n) is 10.2. The highest BCUT2D eigenvalue weighted by Gasteiger charge is 2.26. The summed E-state index contributed by atoms with van der Waals surface area (Å²) >= 11 is 0. The Labute approximate surface area is 102 Å². The van der Waals surface area contributed by atoms with Gasteiger partial charge in [0.1, 0.15) is 0 Å². The van der Waals surface area contributed by atoms with Crippen molar-refractivity contribution in [3.8, 4) is 0 Å². The molecule has 3 atom stereocenters. The molecule has 6 heteroatoms. The molecule has 1 heterocycles. The molecule has 2 N–H and O–H groups in total. The first-order chi connectivity index (χ1) is 7.88. The lowest BCUT2D eigenvalue weighted by Gasteiger charge is -2.32. The molecule has 0 saturated heterocycles. The lowest BCUT2D eigenvalue weighted by Crippen LogP contribution is -2.22. The Hall–Kier alpha value is -0.880. The van der Waals surface area contributed by atoms with Crippen LogP contribution in [-0.2, 0) is 10.0 Å². The molecule has 0 aliphatic heterocycles. The van der Waals surface area contributed by atoms with E-state index in [0.29, 0.717) is 12.0 Å². The Morgan fingerprint density at radius 1 is 1.35 bits per heavy atom. The van der Waals surface area contributed by atoms with Crippen molar-refractivity contribution in [2.24, 2.45) is 17.0 Å². The van der Waals surface area contributed by atoms with Crippen LogP contribution in [0.25, 0.3) is 0 Å². The summed E-state index contributed by atoms with van der Waals surface area (Å²) < 4.78 is 24.2. The summed E-state index contributed by atoms with van der Waals surface area (Å²) in [6.07, 6.45) is 6.44. The van der Waals surface area contributed by atoms with Gasteiger partial charge in [0.25, 0.3) is 10.0 Å². The second kappa shape index (κ2) is 4.42. The Bertz CT molecular complexity index is 495. The molecule has 5 nitrogen and oxygen atoms in total. The molecule has 1 aromatic rings. The molecule has 0 bridgehead atoms. The van der Waals surface area contributed by atoms with Crippen LogP contribution in [0, 0.1) is 11.8 Å². The van der Waals surface area contributed by atoms with Crippen LogP contribution in [0.2, 0.25) is 0 Å². The average Bonchev–Trinajstić information content (AvgIpc) is 2.70. The van der Waals surface area contributed by atoms with Gasteiger partial charge in [0, 0.05) is 12.2 Å². The van der Waals surface area contributed by atoms with Gasteiger partial charge in [-0.1, -0.05) is 13.8 Å². The molecule has 1 fully saturated rings. The van der Waals surface area contributed by atoms with E-state index in [1.165, 1.54) is 6.42 Å². The van der Waals surface area contributed by atoms with Gasteiger partial charge in [0.2, 0.25) is 0 Å². The van der Waals surface area contributed by atoms with E-state index in [-0.39, 0.29) is 5.03 Å². The molecular formula is C11H19N3O2S. The lowest BCUT2D eigenvalue weighted by molar-refractivity contribution is 0.210. The maximum Gasteiger partial charge on any atom is 0.257 e. The quantitative estimate of drug-likeness (QED) is 0.872. The number of imidazole rings is 1. The highest BCUT2D eigenvalue weighted by Crippen LogP contribution is 2.36. The minimum Gasteiger partial charge on any atom is -0.333 e. The normalized spacial score (nSPS) is 30.4. The second-order valence-corrected chi connectivity index (χ2v) is 6.63. The standard InChI is InChI=1S/C11H19N3O2S/c1-8-3-4-10(5-9(8)2)14-6-11(13-7-14)17(12,15)16/h6-10H,3-5H2,1-2H3,(H2,12,15,16). The molecular weight excluding hydrogens is 238 g/mol. The van der Waals surface area contributed by atoms with E-state index in [2.05, 4.69) is 18.8 Å². The van der Waals surface area contributed by atoms with E-state index in [1.54, 1.807) is 12.5 Å². The third-order valence-electron chi connectivity index (χ3n) is 3.86. The first-order valence-electron chi connectivity index (χ1n) is 5.94. The van der Waals surface area contributed by atoms with Crippen LogP contribution in [0.3, 0.4) is 0 Å². The molecule has 0 amide bonds. The first-order valence-corrected chi connectivity index (χ1v) is 7.49. The fourth-order valence-electron chi connectivity index (χ4n) is 2.45. The minimum atomic E-state index is -3.68. The van der Waals surface area contributed by atoms with Gasteiger partial charge in [-0.25, -0.2) is 18.5 Å². The van der Waals surface area contributed by atoms with E-state index >= 15 is 0 Å². The number of nitrogens with two attached hydrogens (primary N) is 1. The largest absolute Gasteiger partial charge is 0.333 e. The molecule has 1 aromatic heterocycles. The molecule has 2 rings (SSSR count). The molecule has 1 aliphatic rings. The summed E-state index contributed by atoms with van der Waals surface area (Å²) in [5, 5.41) is 5.01. The number of nitrogens with zero attached hydrogens (tertiary/aromatic N) is 2. The minimum absolute atomic E-state index is 0.0382. The van der Waals surface area contributed by atoms with Gasteiger partial charge >= 0.3 is 0 Å². The molecule has 96 valence electrons. The predicted octanol–water partition coefficient (Wildman–Crippen LogP) is 1.53. The molecule has 0 aromatic carbocycles. The fraction of sp³-hybridized carbons (Fsp3) is 0.727. The second-order valence-electron chi connectivity index (χ2n) is 5.13. The van der Waals surface area contributed by atoms with Crippen molar-refractivity contribution in [2.75, 3.05) is 0 Å². The van der Waals surface area contributed by atoms with Crippen molar-refractivity contribution in [3.63, 3.8) is 0 Å². The number of aromatic nitrogens is 2. The van der Waals surface area contributed by atoms with Gasteiger partial charge in [-0.05, 0) is 31.1 Å². The van der Waals surface area contributed by atoms with Crippen molar-refractivity contribution >= 4 is 10.0 Å². The number of primary sulfonamides is 1. The summed E-state index contributed by atoms with van der Waals surface area (Å²) in [7, 11) is -3.68. The van der Waals surface area contributed by atoms with Crippen LogP contribution in [0.15, 0.2) is 17.6 Å². The molecule has 0 radical (unpaired) electrons. The predicted molar refractivity (Wildman–Crippen MR) is 64.8 cm³/mol. The topological polar surface area (TPSA) is 78.0 Å². The van der Waals surface area contributed by atoms with Gasteiger partial charge in [0.15, 0.2) is 5.03 Å². The third kappa shape index (κ3) is 2.69. The number of hydrogen-bond donors (Lipinski definition) is 1. The van der Waals surface area contributed by atoms with E-state index in [9.17, 15) is 8.42 Å². The van der Waals surface area contributed by atoms with Crippen molar-refractivity contribution in [3.05, 3.63) is 12.5 Å². The van der Waals surface area contributed by atoms with Crippen molar-refractivity contribution < 1.29 is 8.42 Å². The van der Waals surface area contributed by atoms with E-state index in [1.807, 2.05) is 4.57 Å². The maximum atomic E-state index is 11.1. The Balaban J connectivity index is 2.16. The summed E-state index contributed by atoms with van der Waals surface area (Å²) in [6, 6.07) is 0.351. The monoisotopic (exact) mass is 257 g/mol. The summed E-state index contributed by atoms with van der Waals surface area (Å²) in [5.41, 5.74) is 0. The van der Waals surface area contributed by atoms with Crippen molar-refractivity contribution in [1.82, 2.24) is 9.55 Å². The van der Waals surface area contributed by atoms with Crippen LogP contribution in [0.4, 0.5) is 0 Å². The zero-order chi connectivity index (χ0) is 12.6. The lowest BCUT2D eigenvalue weighted by atomic mass is 9.79. The van der Waals surface area contributed by atoms with E-state index in [0.717, 1.165) is 18.8 Å². The highest BCUT2D eigenvalue weighted by molar-refractivity contribution is 7.89. The van der Waals surface area contributed by atoms with Crippen molar-refractivity contribution in [2.45, 2.75) is 44.2 Å².